The summed E-state index contributed by atoms with van der Waals surface area (Å²) < 4.78 is 0. The molecule has 0 unspecified atom stereocenters. The molecule has 2 atom stereocenters. The molecular formula is C22H35N3O2. The van der Waals surface area contributed by atoms with Gasteiger partial charge in [0.25, 0.3) is 0 Å². The molecule has 2 aliphatic rings. The summed E-state index contributed by atoms with van der Waals surface area (Å²) in [4.78, 5) is 19.9. The number of hydrogen-bond acceptors (Lipinski definition) is 4. The van der Waals surface area contributed by atoms with Crippen molar-refractivity contribution in [3.8, 4) is 0 Å². The van der Waals surface area contributed by atoms with Crippen molar-refractivity contribution in [1.82, 2.24) is 14.7 Å². The van der Waals surface area contributed by atoms with Crippen LogP contribution in [0.5, 0.6) is 0 Å². The topological polar surface area (TPSA) is 47.0 Å². The molecule has 1 amide bonds. The molecule has 0 saturated carbocycles. The third-order valence-electron chi connectivity index (χ3n) is 6.26. The van der Waals surface area contributed by atoms with Gasteiger partial charge in [0.1, 0.15) is 0 Å². The summed E-state index contributed by atoms with van der Waals surface area (Å²) in [5.41, 5.74) is 1.23. The van der Waals surface area contributed by atoms with E-state index in [-0.39, 0.29) is 12.5 Å². The van der Waals surface area contributed by atoms with E-state index in [0.717, 1.165) is 65.0 Å². The number of piperidine rings is 1. The molecular weight excluding hydrogens is 338 g/mol. The number of carbonyl (C=O) groups is 1. The van der Waals surface area contributed by atoms with Crippen LogP contribution in [0.2, 0.25) is 0 Å². The first kappa shape index (κ1) is 20.3. The Labute approximate surface area is 163 Å². The minimum absolute atomic E-state index is 0.244. The molecule has 2 aliphatic heterocycles. The van der Waals surface area contributed by atoms with E-state index in [0.29, 0.717) is 18.4 Å². The molecule has 1 N–H and O–H groups in total. The van der Waals surface area contributed by atoms with E-state index in [2.05, 4.69) is 33.9 Å². The molecule has 2 heterocycles. The zero-order valence-electron chi connectivity index (χ0n) is 16.7. The smallest absolute Gasteiger partial charge is 0.222 e. The summed E-state index contributed by atoms with van der Waals surface area (Å²) in [6.45, 7) is 6.47. The van der Waals surface area contributed by atoms with Crippen LogP contribution in [-0.2, 0) is 11.2 Å². The molecule has 5 nitrogen and oxygen atoms in total. The highest BCUT2D eigenvalue weighted by Crippen LogP contribution is 2.27. The van der Waals surface area contributed by atoms with Gasteiger partial charge in [-0.25, -0.2) is 0 Å². The molecule has 2 saturated heterocycles. The Morgan fingerprint density at radius 2 is 1.85 bits per heavy atom. The van der Waals surface area contributed by atoms with Crippen molar-refractivity contribution in [3.63, 3.8) is 0 Å². The van der Waals surface area contributed by atoms with Crippen molar-refractivity contribution in [3.05, 3.63) is 35.9 Å². The second-order valence-electron chi connectivity index (χ2n) is 8.15. The highest BCUT2D eigenvalue weighted by atomic mass is 16.3. The van der Waals surface area contributed by atoms with Gasteiger partial charge in [-0.15, -0.1) is 0 Å². The van der Waals surface area contributed by atoms with E-state index < -0.39 is 0 Å². The molecule has 0 spiro atoms. The van der Waals surface area contributed by atoms with E-state index in [4.69, 9.17) is 0 Å². The van der Waals surface area contributed by atoms with E-state index in [1.807, 2.05) is 18.2 Å². The van der Waals surface area contributed by atoms with Gasteiger partial charge in [0.2, 0.25) is 5.91 Å². The number of rotatable bonds is 7. The fourth-order valence-corrected chi connectivity index (χ4v) is 4.57. The molecule has 150 valence electrons. The molecule has 0 aromatic heterocycles. The normalized spacial score (nSPS) is 24.9. The van der Waals surface area contributed by atoms with E-state index in [9.17, 15) is 9.90 Å². The summed E-state index contributed by atoms with van der Waals surface area (Å²) in [6.07, 6.45) is 4.32. The molecule has 0 aliphatic carbocycles. The van der Waals surface area contributed by atoms with Crippen LogP contribution in [-0.4, -0.2) is 84.7 Å². The van der Waals surface area contributed by atoms with Crippen molar-refractivity contribution >= 4 is 5.91 Å². The largest absolute Gasteiger partial charge is 0.396 e. The molecule has 0 bridgehead atoms. The number of nitrogens with zero attached hydrogens (tertiary/aromatic N) is 3. The first-order chi connectivity index (χ1) is 13.2. The van der Waals surface area contributed by atoms with Crippen LogP contribution in [0.25, 0.3) is 0 Å². The molecule has 2 fully saturated rings. The maximum Gasteiger partial charge on any atom is 0.222 e. The van der Waals surface area contributed by atoms with Gasteiger partial charge in [-0.05, 0) is 44.2 Å². The van der Waals surface area contributed by atoms with Crippen molar-refractivity contribution in [2.45, 2.75) is 38.1 Å². The summed E-state index contributed by atoms with van der Waals surface area (Å²) in [6, 6.07) is 10.8. The highest BCUT2D eigenvalue weighted by molar-refractivity contribution is 5.76. The number of aryl methyl sites for hydroxylation is 1. The average molecular weight is 374 g/mol. The monoisotopic (exact) mass is 373 g/mol. The van der Waals surface area contributed by atoms with E-state index in [1.54, 1.807) is 0 Å². The van der Waals surface area contributed by atoms with Gasteiger partial charge in [0.15, 0.2) is 0 Å². The molecule has 0 radical (unpaired) electrons. The number of likely N-dealkylation sites (tertiary alicyclic amines) is 1. The number of benzene rings is 1. The summed E-state index contributed by atoms with van der Waals surface area (Å²) in [5.74, 6) is 0.764. The zero-order chi connectivity index (χ0) is 19.1. The molecule has 3 rings (SSSR count). The number of likely N-dealkylation sites (N-methyl/N-ethyl adjacent to an activating group) is 1. The van der Waals surface area contributed by atoms with Crippen LogP contribution in [0.3, 0.4) is 0 Å². The number of amides is 1. The lowest BCUT2D eigenvalue weighted by Crippen LogP contribution is -2.57. The third-order valence-corrected chi connectivity index (χ3v) is 6.26. The van der Waals surface area contributed by atoms with Crippen LogP contribution in [0, 0.1) is 5.92 Å². The number of aliphatic hydroxyl groups excluding tert-OH is 1. The third kappa shape index (κ3) is 5.77. The summed E-state index contributed by atoms with van der Waals surface area (Å²) >= 11 is 0. The number of hydrogen-bond donors (Lipinski definition) is 1. The first-order valence-electron chi connectivity index (χ1n) is 10.5. The van der Waals surface area contributed by atoms with Crippen LogP contribution < -0.4 is 0 Å². The Morgan fingerprint density at radius 1 is 1.11 bits per heavy atom. The number of piperazine rings is 1. The number of aliphatic hydroxyl groups is 1. The Kier molecular flexibility index (Phi) is 7.68. The van der Waals surface area contributed by atoms with Crippen molar-refractivity contribution < 1.29 is 9.90 Å². The molecule has 5 heteroatoms. The van der Waals surface area contributed by atoms with Gasteiger partial charge < -0.3 is 14.9 Å². The van der Waals surface area contributed by atoms with Crippen LogP contribution in [0.15, 0.2) is 30.3 Å². The maximum atomic E-state index is 12.8. The van der Waals surface area contributed by atoms with Gasteiger partial charge in [0, 0.05) is 58.3 Å². The van der Waals surface area contributed by atoms with Gasteiger partial charge in [-0.2, -0.15) is 0 Å². The SMILES string of the molecule is CN1CCN([C@H]2CCN(C(=O)CCc3ccccc3)C[C@H]2CCCO)CC1. The van der Waals surface area contributed by atoms with E-state index in [1.165, 1.54) is 5.56 Å². The average Bonchev–Trinajstić information content (AvgIpc) is 2.71. The van der Waals surface area contributed by atoms with Crippen LogP contribution in [0.1, 0.15) is 31.2 Å². The maximum absolute atomic E-state index is 12.8. The molecule has 1 aromatic carbocycles. The Morgan fingerprint density at radius 3 is 2.56 bits per heavy atom. The van der Waals surface area contributed by atoms with E-state index >= 15 is 0 Å². The lowest BCUT2D eigenvalue weighted by atomic mass is 9.86. The number of carbonyl (C=O) groups excluding carboxylic acids is 1. The quantitative estimate of drug-likeness (QED) is 0.793. The minimum Gasteiger partial charge on any atom is -0.396 e. The molecule has 27 heavy (non-hydrogen) atoms. The van der Waals surface area contributed by atoms with Gasteiger partial charge in [-0.3, -0.25) is 9.69 Å². The Balaban J connectivity index is 1.55. The highest BCUT2D eigenvalue weighted by Gasteiger charge is 2.35. The van der Waals surface area contributed by atoms with Crippen molar-refractivity contribution in [2.75, 3.05) is 52.9 Å². The summed E-state index contributed by atoms with van der Waals surface area (Å²) in [5, 5.41) is 9.31. The lowest BCUT2D eigenvalue weighted by molar-refractivity contribution is -0.134. The van der Waals surface area contributed by atoms with Crippen LogP contribution in [0.4, 0.5) is 0 Å². The Hall–Kier alpha value is -1.43. The predicted octanol–water partition coefficient (Wildman–Crippen LogP) is 1.86. The minimum atomic E-state index is 0.244. The standard InChI is InChI=1S/C22H35N3O2/c1-23-13-15-24(16-14-23)21-11-12-25(18-20(21)8-5-17-26)22(27)10-9-19-6-3-2-4-7-19/h2-4,6-7,20-21,26H,5,8-18H2,1H3/t20-,21+/m1/s1. The van der Waals surface area contributed by atoms with Gasteiger partial charge in [-0.1, -0.05) is 30.3 Å². The predicted molar refractivity (Wildman–Crippen MR) is 109 cm³/mol. The van der Waals surface area contributed by atoms with Gasteiger partial charge >= 0.3 is 0 Å². The van der Waals surface area contributed by atoms with Crippen LogP contribution >= 0.6 is 0 Å². The Bertz CT molecular complexity index is 572. The first-order valence-corrected chi connectivity index (χ1v) is 10.5. The fourth-order valence-electron chi connectivity index (χ4n) is 4.57. The second-order valence-corrected chi connectivity index (χ2v) is 8.15. The second kappa shape index (κ2) is 10.2. The lowest BCUT2D eigenvalue weighted by Gasteiger charge is -2.46. The molecule has 1 aromatic rings. The van der Waals surface area contributed by atoms with Crippen molar-refractivity contribution in [1.29, 1.82) is 0 Å². The summed E-state index contributed by atoms with van der Waals surface area (Å²) in [7, 11) is 2.19. The van der Waals surface area contributed by atoms with Crippen molar-refractivity contribution in [2.24, 2.45) is 5.92 Å². The van der Waals surface area contributed by atoms with Gasteiger partial charge in [0.05, 0.1) is 0 Å². The fraction of sp³-hybridized carbons (Fsp3) is 0.682. The zero-order valence-corrected chi connectivity index (χ0v) is 16.7.